The fraction of sp³-hybridized carbons (Fsp3) is 0.545. The Morgan fingerprint density at radius 3 is 2.50 bits per heavy atom. The number of carbonyl (C=O) groups excluding carboxylic acids is 2. The van der Waals surface area contributed by atoms with Crippen LogP contribution in [0.2, 0.25) is 0 Å². The molecule has 28 heavy (non-hydrogen) atoms. The summed E-state index contributed by atoms with van der Waals surface area (Å²) >= 11 is 0. The lowest BCUT2D eigenvalue weighted by Crippen LogP contribution is -2.40. The lowest BCUT2D eigenvalue weighted by atomic mass is 9.97. The maximum absolute atomic E-state index is 13.1. The molecule has 1 saturated heterocycles. The summed E-state index contributed by atoms with van der Waals surface area (Å²) in [6, 6.07) is 7.41. The summed E-state index contributed by atoms with van der Waals surface area (Å²) < 4.78 is 5.64. The Labute approximate surface area is 166 Å². The zero-order valence-electron chi connectivity index (χ0n) is 16.8. The Bertz CT molecular complexity index is 741. The fourth-order valence-corrected chi connectivity index (χ4v) is 3.90. The Kier molecular flexibility index (Phi) is 6.73. The highest BCUT2D eigenvalue weighted by Gasteiger charge is 2.41. The summed E-state index contributed by atoms with van der Waals surface area (Å²) in [6.07, 6.45) is 3.50. The van der Waals surface area contributed by atoms with Gasteiger partial charge in [-0.1, -0.05) is 26.0 Å². The summed E-state index contributed by atoms with van der Waals surface area (Å²) in [7, 11) is 0. The van der Waals surface area contributed by atoms with Crippen molar-refractivity contribution in [3.63, 3.8) is 0 Å². The minimum absolute atomic E-state index is 0.101. The standard InChI is InChI=1S/C22H30N2O4/c1-3-11-24-21(26)19(17-7-9-18(10-8-17)28-13-4-2)20(22(24)27)23-12-5-6-16(14-23)15-25/h7-10,16,25H,3-6,11-15H2,1-2H3. The normalized spacial score (nSPS) is 20.3. The molecule has 0 radical (unpaired) electrons. The van der Waals surface area contributed by atoms with Crippen molar-refractivity contribution in [3.8, 4) is 5.75 Å². The zero-order valence-corrected chi connectivity index (χ0v) is 16.8. The molecule has 0 bridgehead atoms. The number of carbonyl (C=O) groups is 2. The highest BCUT2D eigenvalue weighted by atomic mass is 16.5. The molecule has 1 fully saturated rings. The first-order valence-corrected chi connectivity index (χ1v) is 10.3. The first kappa shape index (κ1) is 20.4. The number of ether oxygens (including phenoxy) is 1. The van der Waals surface area contributed by atoms with Gasteiger partial charge in [-0.25, -0.2) is 0 Å². The van der Waals surface area contributed by atoms with Crippen LogP contribution in [0.3, 0.4) is 0 Å². The Morgan fingerprint density at radius 1 is 1.11 bits per heavy atom. The molecule has 6 heteroatoms. The van der Waals surface area contributed by atoms with Crippen LogP contribution in [0.4, 0.5) is 0 Å². The first-order valence-electron chi connectivity index (χ1n) is 10.3. The Hall–Kier alpha value is -2.34. The number of imide groups is 1. The van der Waals surface area contributed by atoms with Gasteiger partial charge in [-0.05, 0) is 49.3 Å². The van der Waals surface area contributed by atoms with Crippen molar-refractivity contribution in [2.75, 3.05) is 32.8 Å². The van der Waals surface area contributed by atoms with Crippen LogP contribution in [-0.2, 0) is 9.59 Å². The largest absolute Gasteiger partial charge is 0.494 e. The Balaban J connectivity index is 1.97. The molecule has 2 aliphatic heterocycles. The summed E-state index contributed by atoms with van der Waals surface area (Å²) in [4.78, 5) is 29.6. The summed E-state index contributed by atoms with van der Waals surface area (Å²) in [5.41, 5.74) is 1.69. The highest BCUT2D eigenvalue weighted by Crippen LogP contribution is 2.34. The van der Waals surface area contributed by atoms with E-state index in [1.807, 2.05) is 36.1 Å². The SMILES string of the molecule is CCCOc1ccc(C2=C(N3CCCC(CO)C3)C(=O)N(CCC)C2=O)cc1. The average Bonchev–Trinajstić information content (AvgIpc) is 2.97. The monoisotopic (exact) mass is 386 g/mol. The van der Waals surface area contributed by atoms with Gasteiger partial charge in [0, 0.05) is 26.2 Å². The van der Waals surface area contributed by atoms with Crippen LogP contribution in [0.15, 0.2) is 30.0 Å². The molecule has 3 rings (SSSR count). The molecule has 2 aliphatic rings. The van der Waals surface area contributed by atoms with Crippen LogP contribution >= 0.6 is 0 Å². The number of hydrogen-bond donors (Lipinski definition) is 1. The van der Waals surface area contributed by atoms with E-state index < -0.39 is 0 Å². The van der Waals surface area contributed by atoms with E-state index in [4.69, 9.17) is 4.74 Å². The molecule has 0 aromatic heterocycles. The van der Waals surface area contributed by atoms with E-state index in [1.54, 1.807) is 0 Å². The van der Waals surface area contributed by atoms with E-state index in [0.29, 0.717) is 31.0 Å². The van der Waals surface area contributed by atoms with E-state index in [0.717, 1.165) is 43.5 Å². The van der Waals surface area contributed by atoms with E-state index in [9.17, 15) is 14.7 Å². The predicted molar refractivity (Wildman–Crippen MR) is 108 cm³/mol. The van der Waals surface area contributed by atoms with Crippen LogP contribution in [0.5, 0.6) is 5.75 Å². The predicted octanol–water partition coefficient (Wildman–Crippen LogP) is 2.67. The van der Waals surface area contributed by atoms with Gasteiger partial charge in [0.05, 0.1) is 12.2 Å². The van der Waals surface area contributed by atoms with Gasteiger partial charge >= 0.3 is 0 Å². The van der Waals surface area contributed by atoms with Crippen LogP contribution in [0.1, 0.15) is 45.1 Å². The molecule has 1 unspecified atom stereocenters. The van der Waals surface area contributed by atoms with Gasteiger partial charge < -0.3 is 14.7 Å². The average molecular weight is 386 g/mol. The lowest BCUT2D eigenvalue weighted by molar-refractivity contribution is -0.137. The molecule has 0 aliphatic carbocycles. The molecule has 6 nitrogen and oxygen atoms in total. The van der Waals surface area contributed by atoms with Crippen molar-refractivity contribution in [2.24, 2.45) is 5.92 Å². The van der Waals surface area contributed by atoms with Crippen molar-refractivity contribution in [1.82, 2.24) is 9.80 Å². The molecule has 1 atom stereocenters. The number of amides is 2. The topological polar surface area (TPSA) is 70.1 Å². The molecular weight excluding hydrogens is 356 g/mol. The van der Waals surface area contributed by atoms with Crippen LogP contribution < -0.4 is 4.74 Å². The van der Waals surface area contributed by atoms with Gasteiger partial charge in [-0.15, -0.1) is 0 Å². The third-order valence-electron chi connectivity index (χ3n) is 5.30. The molecule has 0 saturated carbocycles. The van der Waals surface area contributed by atoms with Gasteiger partial charge in [0.15, 0.2) is 0 Å². The second-order valence-corrected chi connectivity index (χ2v) is 7.50. The van der Waals surface area contributed by atoms with Crippen molar-refractivity contribution < 1.29 is 19.4 Å². The van der Waals surface area contributed by atoms with Gasteiger partial charge in [-0.2, -0.15) is 0 Å². The van der Waals surface area contributed by atoms with E-state index in [2.05, 4.69) is 6.92 Å². The molecule has 1 N–H and O–H groups in total. The number of aliphatic hydroxyl groups excluding tert-OH is 1. The smallest absolute Gasteiger partial charge is 0.277 e. The lowest BCUT2D eigenvalue weighted by Gasteiger charge is -2.34. The maximum Gasteiger partial charge on any atom is 0.277 e. The zero-order chi connectivity index (χ0) is 20.1. The number of rotatable bonds is 8. The van der Waals surface area contributed by atoms with Gasteiger partial charge in [-0.3, -0.25) is 14.5 Å². The van der Waals surface area contributed by atoms with Gasteiger partial charge in [0.1, 0.15) is 11.4 Å². The minimum atomic E-state index is -0.227. The van der Waals surface area contributed by atoms with Crippen molar-refractivity contribution in [1.29, 1.82) is 0 Å². The molecule has 0 spiro atoms. The van der Waals surface area contributed by atoms with Crippen LogP contribution in [0.25, 0.3) is 5.57 Å². The van der Waals surface area contributed by atoms with E-state index in [1.165, 1.54) is 4.90 Å². The van der Waals surface area contributed by atoms with Crippen molar-refractivity contribution >= 4 is 17.4 Å². The number of benzene rings is 1. The van der Waals surface area contributed by atoms with Gasteiger partial charge in [0.25, 0.3) is 11.8 Å². The number of piperidine rings is 1. The molecule has 1 aromatic rings. The van der Waals surface area contributed by atoms with Crippen LogP contribution in [0, 0.1) is 5.92 Å². The number of aliphatic hydroxyl groups is 1. The Morgan fingerprint density at radius 2 is 1.86 bits per heavy atom. The molecular formula is C22H30N2O4. The fourth-order valence-electron chi connectivity index (χ4n) is 3.90. The first-order chi connectivity index (χ1) is 13.6. The summed E-state index contributed by atoms with van der Waals surface area (Å²) in [5.74, 6) is 0.450. The summed E-state index contributed by atoms with van der Waals surface area (Å²) in [5, 5.41) is 9.57. The van der Waals surface area contributed by atoms with E-state index >= 15 is 0 Å². The molecule has 152 valence electrons. The van der Waals surface area contributed by atoms with Crippen molar-refractivity contribution in [2.45, 2.75) is 39.5 Å². The molecule has 2 amide bonds. The number of hydrogen-bond acceptors (Lipinski definition) is 5. The second kappa shape index (κ2) is 9.24. The second-order valence-electron chi connectivity index (χ2n) is 7.50. The maximum atomic E-state index is 13.1. The quantitative estimate of drug-likeness (QED) is 0.696. The summed E-state index contributed by atoms with van der Waals surface area (Å²) in [6.45, 7) is 6.50. The van der Waals surface area contributed by atoms with Crippen molar-refractivity contribution in [3.05, 3.63) is 35.5 Å². The van der Waals surface area contributed by atoms with E-state index in [-0.39, 0.29) is 24.3 Å². The molecule has 1 aromatic carbocycles. The number of likely N-dealkylation sites (tertiary alicyclic amines) is 1. The minimum Gasteiger partial charge on any atom is -0.494 e. The third-order valence-corrected chi connectivity index (χ3v) is 5.30. The van der Waals surface area contributed by atoms with Gasteiger partial charge in [0.2, 0.25) is 0 Å². The number of nitrogens with zero attached hydrogens (tertiary/aromatic N) is 2. The van der Waals surface area contributed by atoms with Crippen LogP contribution in [-0.4, -0.2) is 59.6 Å². The molecule has 2 heterocycles. The highest BCUT2D eigenvalue weighted by molar-refractivity contribution is 6.35. The third kappa shape index (κ3) is 4.07.